The van der Waals surface area contributed by atoms with Crippen LogP contribution in [0.25, 0.3) is 0 Å². The van der Waals surface area contributed by atoms with Crippen molar-refractivity contribution in [2.75, 3.05) is 6.61 Å². The summed E-state index contributed by atoms with van der Waals surface area (Å²) < 4.78 is 5.27. The average molecular weight is 115 g/mol. The van der Waals surface area contributed by atoms with E-state index in [2.05, 4.69) is 6.92 Å². The summed E-state index contributed by atoms with van der Waals surface area (Å²) in [6.07, 6.45) is 2.69. The number of ether oxygens (including phenoxy) is 1. The lowest BCUT2D eigenvalue weighted by Gasteiger charge is -2.23. The molecule has 0 aromatic carbocycles. The van der Waals surface area contributed by atoms with Crippen LogP contribution in [0.3, 0.4) is 0 Å². The highest BCUT2D eigenvalue weighted by Gasteiger charge is 2.13. The first-order chi connectivity index (χ1) is 3.79. The van der Waals surface area contributed by atoms with E-state index < -0.39 is 0 Å². The van der Waals surface area contributed by atoms with Gasteiger partial charge >= 0.3 is 0 Å². The predicted octanol–water partition coefficient (Wildman–Crippen LogP) is 0.513. The van der Waals surface area contributed by atoms with E-state index in [1.165, 1.54) is 0 Å². The number of hydrogen-bond donors (Lipinski definition) is 1. The molecular formula is C6H13NO. The number of hydrogen-bond acceptors (Lipinski definition) is 2. The van der Waals surface area contributed by atoms with Gasteiger partial charge in [0.25, 0.3) is 0 Å². The predicted molar refractivity (Wildman–Crippen MR) is 32.6 cm³/mol. The zero-order valence-corrected chi connectivity index (χ0v) is 5.26. The van der Waals surface area contributed by atoms with Gasteiger partial charge in [-0.25, -0.2) is 0 Å². The van der Waals surface area contributed by atoms with Gasteiger partial charge in [-0.1, -0.05) is 0 Å². The Morgan fingerprint density at radius 3 is 2.62 bits per heavy atom. The van der Waals surface area contributed by atoms with Crippen molar-refractivity contribution >= 4 is 0 Å². The Balaban J connectivity index is 2.19. The maximum Gasteiger partial charge on any atom is 0.0621 e. The van der Waals surface area contributed by atoms with Crippen LogP contribution in [0, 0.1) is 0 Å². The molecule has 1 fully saturated rings. The van der Waals surface area contributed by atoms with Gasteiger partial charge < -0.3 is 10.5 Å². The summed E-state index contributed by atoms with van der Waals surface area (Å²) in [6, 6.07) is 0.297. The molecule has 0 radical (unpaired) electrons. The minimum absolute atomic E-state index is 0.297. The molecule has 1 aliphatic heterocycles. The van der Waals surface area contributed by atoms with E-state index in [1.54, 1.807) is 0 Å². The van der Waals surface area contributed by atoms with E-state index >= 15 is 0 Å². The smallest absolute Gasteiger partial charge is 0.0621 e. The van der Waals surface area contributed by atoms with Gasteiger partial charge in [0.2, 0.25) is 0 Å². The van der Waals surface area contributed by atoms with Crippen molar-refractivity contribution in [1.29, 1.82) is 0 Å². The molecule has 0 aromatic rings. The quantitative estimate of drug-likeness (QED) is 0.499. The van der Waals surface area contributed by atoms with Crippen LogP contribution in [0.5, 0.6) is 0 Å². The van der Waals surface area contributed by atoms with E-state index in [4.69, 9.17) is 10.5 Å². The van der Waals surface area contributed by atoms with Crippen LogP contribution in [-0.2, 0) is 4.74 Å². The lowest BCUT2D eigenvalue weighted by Crippen LogP contribution is -2.34. The van der Waals surface area contributed by atoms with Gasteiger partial charge in [0, 0.05) is 6.04 Å². The first-order valence-electron chi connectivity index (χ1n) is 3.16. The molecule has 0 saturated carbocycles. The Kier molecular flexibility index (Phi) is 1.86. The molecule has 2 nitrogen and oxygen atoms in total. The van der Waals surface area contributed by atoms with Crippen LogP contribution in [0.2, 0.25) is 0 Å². The maximum atomic E-state index is 5.57. The monoisotopic (exact) mass is 115 g/mol. The molecule has 48 valence electrons. The number of rotatable bonds is 0. The van der Waals surface area contributed by atoms with Gasteiger partial charge in [0.1, 0.15) is 0 Å². The van der Waals surface area contributed by atoms with Gasteiger partial charge in [-0.05, 0) is 19.8 Å². The molecule has 0 aromatic heterocycles. The van der Waals surface area contributed by atoms with Gasteiger partial charge in [0.05, 0.1) is 12.7 Å². The molecule has 0 spiro atoms. The van der Waals surface area contributed by atoms with Crippen molar-refractivity contribution in [3.8, 4) is 0 Å². The highest BCUT2D eigenvalue weighted by Crippen LogP contribution is 2.10. The van der Waals surface area contributed by atoms with Crippen LogP contribution < -0.4 is 5.73 Å². The second-order valence-corrected chi connectivity index (χ2v) is 2.48. The van der Waals surface area contributed by atoms with E-state index in [9.17, 15) is 0 Å². The standard InChI is InChI=1S/C6H13NO/c1-5-2-3-6(7)4-8-5/h5-6H,2-4,7H2,1H3/t5-,6-/m0/s1. The minimum Gasteiger partial charge on any atom is -0.377 e. The summed E-state index contributed by atoms with van der Waals surface area (Å²) >= 11 is 0. The zero-order valence-electron chi connectivity index (χ0n) is 5.26. The summed E-state index contributed by atoms with van der Waals surface area (Å²) in [5, 5.41) is 0. The van der Waals surface area contributed by atoms with Crippen LogP contribution in [-0.4, -0.2) is 18.8 Å². The molecule has 0 bridgehead atoms. The molecule has 1 rings (SSSR count). The largest absolute Gasteiger partial charge is 0.377 e. The van der Waals surface area contributed by atoms with Crippen molar-refractivity contribution in [2.24, 2.45) is 5.73 Å². The van der Waals surface area contributed by atoms with Crippen molar-refractivity contribution in [3.05, 3.63) is 0 Å². The van der Waals surface area contributed by atoms with Crippen LogP contribution >= 0.6 is 0 Å². The number of nitrogens with two attached hydrogens (primary N) is 1. The molecule has 1 aliphatic rings. The summed E-state index contributed by atoms with van der Waals surface area (Å²) in [5.41, 5.74) is 5.57. The van der Waals surface area contributed by atoms with E-state index in [1.807, 2.05) is 0 Å². The van der Waals surface area contributed by atoms with E-state index in [0.717, 1.165) is 19.4 Å². The Hall–Kier alpha value is -0.0800. The third kappa shape index (κ3) is 1.46. The summed E-state index contributed by atoms with van der Waals surface area (Å²) in [6.45, 7) is 2.84. The Morgan fingerprint density at radius 1 is 1.50 bits per heavy atom. The van der Waals surface area contributed by atoms with Gasteiger partial charge in [-0.15, -0.1) is 0 Å². The highest BCUT2D eigenvalue weighted by molar-refractivity contribution is 4.68. The normalized spacial score (nSPS) is 39.8. The Morgan fingerprint density at radius 2 is 2.25 bits per heavy atom. The second-order valence-electron chi connectivity index (χ2n) is 2.48. The summed E-state index contributed by atoms with van der Waals surface area (Å²) in [7, 11) is 0. The second kappa shape index (κ2) is 2.46. The molecule has 0 amide bonds. The third-order valence-electron chi connectivity index (χ3n) is 1.54. The van der Waals surface area contributed by atoms with Crippen molar-refractivity contribution < 1.29 is 4.74 Å². The summed E-state index contributed by atoms with van der Waals surface area (Å²) in [4.78, 5) is 0. The van der Waals surface area contributed by atoms with Crippen LogP contribution in [0.1, 0.15) is 19.8 Å². The minimum atomic E-state index is 0.297. The molecule has 0 unspecified atom stereocenters. The fraction of sp³-hybridized carbons (Fsp3) is 1.00. The highest BCUT2D eigenvalue weighted by atomic mass is 16.5. The Labute approximate surface area is 50.0 Å². The molecule has 2 N–H and O–H groups in total. The zero-order chi connectivity index (χ0) is 5.98. The van der Waals surface area contributed by atoms with Crippen LogP contribution in [0.4, 0.5) is 0 Å². The van der Waals surface area contributed by atoms with Crippen molar-refractivity contribution in [3.63, 3.8) is 0 Å². The molecule has 1 saturated heterocycles. The van der Waals surface area contributed by atoms with Crippen LogP contribution in [0.15, 0.2) is 0 Å². The lowest BCUT2D eigenvalue weighted by atomic mass is 10.1. The van der Waals surface area contributed by atoms with Crippen molar-refractivity contribution in [1.82, 2.24) is 0 Å². The van der Waals surface area contributed by atoms with Crippen molar-refractivity contribution in [2.45, 2.75) is 31.9 Å². The van der Waals surface area contributed by atoms with E-state index in [0.29, 0.717) is 12.1 Å². The molecule has 2 heteroatoms. The summed E-state index contributed by atoms with van der Waals surface area (Å²) in [5.74, 6) is 0. The SMILES string of the molecule is C[C@H]1CC[C@H](N)CO1. The van der Waals surface area contributed by atoms with E-state index in [-0.39, 0.29) is 0 Å². The fourth-order valence-electron chi connectivity index (χ4n) is 0.903. The maximum absolute atomic E-state index is 5.57. The molecular weight excluding hydrogens is 102 g/mol. The third-order valence-corrected chi connectivity index (χ3v) is 1.54. The molecule has 2 atom stereocenters. The average Bonchev–Trinajstić information content (AvgIpc) is 1.77. The first-order valence-corrected chi connectivity index (χ1v) is 3.16. The van der Waals surface area contributed by atoms with Gasteiger partial charge in [-0.3, -0.25) is 0 Å². The topological polar surface area (TPSA) is 35.2 Å². The van der Waals surface area contributed by atoms with Gasteiger partial charge in [0.15, 0.2) is 0 Å². The van der Waals surface area contributed by atoms with Gasteiger partial charge in [-0.2, -0.15) is 0 Å². The lowest BCUT2D eigenvalue weighted by molar-refractivity contribution is 0.0172. The molecule has 8 heavy (non-hydrogen) atoms. The first kappa shape index (κ1) is 6.05. The molecule has 1 heterocycles. The Bertz CT molecular complexity index is 56.9. The molecule has 0 aliphatic carbocycles. The fourth-order valence-corrected chi connectivity index (χ4v) is 0.903.